The number of nitrogens with one attached hydrogen (secondary N) is 1. The zero-order valence-electron chi connectivity index (χ0n) is 16.5. The van der Waals surface area contributed by atoms with Crippen molar-refractivity contribution in [2.24, 2.45) is 0 Å². The second kappa shape index (κ2) is 9.51. The Morgan fingerprint density at radius 1 is 1.27 bits per heavy atom. The SMILES string of the molecule is CCCCN1CCn2nc(CNC(=O)CN3CCCC[C@@H]3CC)cc2C1. The fraction of sp³-hybridized carbons (Fsp3) is 0.800. The first-order valence-corrected chi connectivity index (χ1v) is 10.5. The van der Waals surface area contributed by atoms with Gasteiger partial charge in [-0.25, -0.2) is 0 Å². The lowest BCUT2D eigenvalue weighted by molar-refractivity contribution is -0.123. The molecule has 0 bridgehead atoms. The Labute approximate surface area is 157 Å². The van der Waals surface area contributed by atoms with Crippen molar-refractivity contribution in [1.82, 2.24) is 24.9 Å². The van der Waals surface area contributed by atoms with Gasteiger partial charge in [0.1, 0.15) is 0 Å². The van der Waals surface area contributed by atoms with Crippen LogP contribution in [0, 0.1) is 0 Å². The second-order valence-electron chi connectivity index (χ2n) is 7.78. The number of fused-ring (bicyclic) bond motifs is 1. The lowest BCUT2D eigenvalue weighted by Crippen LogP contribution is -2.45. The normalized spacial score (nSPS) is 21.5. The van der Waals surface area contributed by atoms with E-state index in [0.29, 0.717) is 19.1 Å². The standard InChI is InChI=1S/C20H35N5O/c1-3-5-9-23-11-12-25-19(15-23)13-17(22-25)14-21-20(26)16-24-10-7-6-8-18(24)4-2/h13,18H,3-12,14-16H2,1-2H3,(H,21,26)/t18-/m0/s1. The molecule has 0 unspecified atom stereocenters. The molecule has 3 heterocycles. The highest BCUT2D eigenvalue weighted by Gasteiger charge is 2.23. The summed E-state index contributed by atoms with van der Waals surface area (Å²) in [6.45, 7) is 10.8. The van der Waals surface area contributed by atoms with Crippen molar-refractivity contribution in [2.75, 3.05) is 26.2 Å². The fourth-order valence-electron chi connectivity index (χ4n) is 4.20. The average Bonchev–Trinajstić information content (AvgIpc) is 3.07. The monoisotopic (exact) mass is 361 g/mol. The van der Waals surface area contributed by atoms with Crippen LogP contribution in [0.15, 0.2) is 6.07 Å². The van der Waals surface area contributed by atoms with Crippen molar-refractivity contribution in [3.8, 4) is 0 Å². The molecule has 2 aliphatic heterocycles. The zero-order valence-corrected chi connectivity index (χ0v) is 16.5. The van der Waals surface area contributed by atoms with Gasteiger partial charge >= 0.3 is 0 Å². The molecular formula is C20H35N5O. The number of piperidine rings is 1. The summed E-state index contributed by atoms with van der Waals surface area (Å²) in [6, 6.07) is 2.73. The molecule has 0 radical (unpaired) electrons. The molecule has 1 aromatic heterocycles. The summed E-state index contributed by atoms with van der Waals surface area (Å²) in [6.07, 6.45) is 7.37. The van der Waals surface area contributed by atoms with Crippen LogP contribution in [-0.4, -0.2) is 57.7 Å². The average molecular weight is 362 g/mol. The van der Waals surface area contributed by atoms with Gasteiger partial charge in [0.2, 0.25) is 5.91 Å². The van der Waals surface area contributed by atoms with E-state index in [1.165, 1.54) is 44.3 Å². The molecule has 0 aliphatic carbocycles. The molecule has 0 aromatic carbocycles. The molecule has 1 fully saturated rings. The molecule has 6 nitrogen and oxygen atoms in total. The van der Waals surface area contributed by atoms with Gasteiger partial charge in [-0.2, -0.15) is 5.10 Å². The van der Waals surface area contributed by atoms with E-state index in [9.17, 15) is 4.79 Å². The molecule has 1 saturated heterocycles. The van der Waals surface area contributed by atoms with Gasteiger partial charge in [0.05, 0.1) is 31.0 Å². The zero-order chi connectivity index (χ0) is 18.4. The van der Waals surface area contributed by atoms with E-state index in [2.05, 4.69) is 44.8 Å². The lowest BCUT2D eigenvalue weighted by Gasteiger charge is -2.34. The maximum absolute atomic E-state index is 12.4. The molecule has 146 valence electrons. The maximum Gasteiger partial charge on any atom is 0.234 e. The van der Waals surface area contributed by atoms with E-state index in [1.807, 2.05) is 0 Å². The maximum atomic E-state index is 12.4. The van der Waals surface area contributed by atoms with E-state index in [-0.39, 0.29) is 5.91 Å². The summed E-state index contributed by atoms with van der Waals surface area (Å²) in [7, 11) is 0. The van der Waals surface area contributed by atoms with Crippen LogP contribution in [0.5, 0.6) is 0 Å². The predicted octanol–water partition coefficient (Wildman–Crippen LogP) is 2.38. The van der Waals surface area contributed by atoms with E-state index in [0.717, 1.165) is 38.3 Å². The Bertz CT molecular complexity index is 585. The molecular weight excluding hydrogens is 326 g/mol. The third-order valence-electron chi connectivity index (χ3n) is 5.79. The molecule has 1 aromatic rings. The van der Waals surface area contributed by atoms with Crippen molar-refractivity contribution < 1.29 is 4.79 Å². The molecule has 2 aliphatic rings. The van der Waals surface area contributed by atoms with Crippen LogP contribution >= 0.6 is 0 Å². The van der Waals surface area contributed by atoms with Crippen LogP contribution < -0.4 is 5.32 Å². The minimum absolute atomic E-state index is 0.126. The van der Waals surface area contributed by atoms with Gasteiger partial charge in [-0.1, -0.05) is 26.7 Å². The smallest absolute Gasteiger partial charge is 0.234 e. The summed E-state index contributed by atoms with van der Waals surface area (Å²) in [5.41, 5.74) is 2.26. The van der Waals surface area contributed by atoms with Gasteiger partial charge in [0.25, 0.3) is 0 Å². The van der Waals surface area contributed by atoms with Gasteiger partial charge in [-0.05, 0) is 44.8 Å². The Hall–Kier alpha value is -1.40. The summed E-state index contributed by atoms with van der Waals surface area (Å²) in [5, 5.41) is 7.75. The van der Waals surface area contributed by atoms with Crippen molar-refractivity contribution in [3.63, 3.8) is 0 Å². The highest BCUT2D eigenvalue weighted by Crippen LogP contribution is 2.19. The highest BCUT2D eigenvalue weighted by atomic mass is 16.2. The van der Waals surface area contributed by atoms with Crippen molar-refractivity contribution in [3.05, 3.63) is 17.5 Å². The first-order valence-electron chi connectivity index (χ1n) is 10.5. The van der Waals surface area contributed by atoms with Gasteiger partial charge in [0, 0.05) is 19.1 Å². The van der Waals surface area contributed by atoms with Gasteiger partial charge < -0.3 is 5.32 Å². The number of likely N-dealkylation sites (tertiary alicyclic amines) is 1. The quantitative estimate of drug-likeness (QED) is 0.772. The fourth-order valence-corrected chi connectivity index (χ4v) is 4.20. The highest BCUT2D eigenvalue weighted by molar-refractivity contribution is 5.78. The number of hydrogen-bond acceptors (Lipinski definition) is 4. The Morgan fingerprint density at radius 3 is 2.96 bits per heavy atom. The second-order valence-corrected chi connectivity index (χ2v) is 7.78. The molecule has 1 amide bonds. The van der Waals surface area contributed by atoms with Crippen molar-refractivity contribution in [1.29, 1.82) is 0 Å². The van der Waals surface area contributed by atoms with Crippen LogP contribution in [0.1, 0.15) is 63.8 Å². The first-order chi connectivity index (χ1) is 12.7. The molecule has 0 saturated carbocycles. The summed E-state index contributed by atoms with van der Waals surface area (Å²) < 4.78 is 2.11. The van der Waals surface area contributed by atoms with Gasteiger partial charge in [-0.3, -0.25) is 19.3 Å². The molecule has 0 spiro atoms. The number of carbonyl (C=O) groups is 1. The molecule has 1 N–H and O–H groups in total. The summed E-state index contributed by atoms with van der Waals surface area (Å²) in [5.74, 6) is 0.126. The number of aromatic nitrogens is 2. The number of amides is 1. The van der Waals surface area contributed by atoms with Crippen LogP contribution in [0.25, 0.3) is 0 Å². The number of nitrogens with zero attached hydrogens (tertiary/aromatic N) is 4. The Balaban J connectivity index is 1.46. The third-order valence-corrected chi connectivity index (χ3v) is 5.79. The van der Waals surface area contributed by atoms with E-state index >= 15 is 0 Å². The number of unbranched alkanes of at least 4 members (excludes halogenated alkanes) is 1. The summed E-state index contributed by atoms with van der Waals surface area (Å²) in [4.78, 5) is 17.2. The number of hydrogen-bond donors (Lipinski definition) is 1. The molecule has 6 heteroatoms. The first kappa shape index (κ1) is 19.4. The van der Waals surface area contributed by atoms with Crippen molar-refractivity contribution >= 4 is 5.91 Å². The Morgan fingerprint density at radius 2 is 2.15 bits per heavy atom. The number of rotatable bonds is 8. The van der Waals surface area contributed by atoms with Gasteiger partial charge in [-0.15, -0.1) is 0 Å². The van der Waals surface area contributed by atoms with Crippen LogP contribution in [0.3, 0.4) is 0 Å². The lowest BCUT2D eigenvalue weighted by atomic mass is 10.0. The molecule has 26 heavy (non-hydrogen) atoms. The van der Waals surface area contributed by atoms with Crippen molar-refractivity contribution in [2.45, 2.75) is 78.0 Å². The van der Waals surface area contributed by atoms with E-state index in [4.69, 9.17) is 0 Å². The topological polar surface area (TPSA) is 53.4 Å². The molecule has 3 rings (SSSR count). The van der Waals surface area contributed by atoms with E-state index < -0.39 is 0 Å². The van der Waals surface area contributed by atoms with Crippen LogP contribution in [0.4, 0.5) is 0 Å². The van der Waals surface area contributed by atoms with Crippen LogP contribution in [0.2, 0.25) is 0 Å². The predicted molar refractivity (Wildman–Crippen MR) is 104 cm³/mol. The largest absolute Gasteiger partial charge is 0.349 e. The van der Waals surface area contributed by atoms with Gasteiger partial charge in [0.15, 0.2) is 0 Å². The molecule has 1 atom stereocenters. The minimum Gasteiger partial charge on any atom is -0.349 e. The minimum atomic E-state index is 0.126. The summed E-state index contributed by atoms with van der Waals surface area (Å²) >= 11 is 0. The van der Waals surface area contributed by atoms with Crippen LogP contribution in [-0.2, 0) is 24.4 Å². The number of carbonyl (C=O) groups excluding carboxylic acids is 1. The Kier molecular flexibility index (Phi) is 7.08. The third kappa shape index (κ3) is 5.07. The van der Waals surface area contributed by atoms with E-state index in [1.54, 1.807) is 0 Å².